The van der Waals surface area contributed by atoms with Crippen LogP contribution in [0.25, 0.3) is 0 Å². The molecule has 1 aliphatic rings. The lowest BCUT2D eigenvalue weighted by Crippen LogP contribution is -2.48. The zero-order valence-corrected chi connectivity index (χ0v) is 9.69. The van der Waals surface area contributed by atoms with Gasteiger partial charge in [0, 0.05) is 6.04 Å². The Kier molecular flexibility index (Phi) is 3.59. The predicted molar refractivity (Wildman–Crippen MR) is 57.5 cm³/mol. The van der Waals surface area contributed by atoms with Gasteiger partial charge in [0.15, 0.2) is 0 Å². The Hall–Kier alpha value is -1.79. The first kappa shape index (κ1) is 13.3. The standard InChI is InChI=1S/C10H16N2O5/c1-10(2)4-6(10)12-9(17)11-5(8(15)16)3-7(13)14/h5-6H,3-4H2,1-2H3,(H,13,14)(H,15,16)(H2,11,12,17). The number of aliphatic carboxylic acids is 2. The van der Waals surface area contributed by atoms with Crippen molar-refractivity contribution in [3.05, 3.63) is 0 Å². The Morgan fingerprint density at radius 3 is 2.24 bits per heavy atom. The molecule has 96 valence electrons. The highest BCUT2D eigenvalue weighted by Crippen LogP contribution is 2.44. The van der Waals surface area contributed by atoms with E-state index in [0.717, 1.165) is 6.42 Å². The molecule has 0 bridgehead atoms. The van der Waals surface area contributed by atoms with Crippen molar-refractivity contribution < 1.29 is 24.6 Å². The van der Waals surface area contributed by atoms with Crippen LogP contribution in [0.15, 0.2) is 0 Å². The average molecular weight is 244 g/mol. The van der Waals surface area contributed by atoms with Crippen molar-refractivity contribution in [1.29, 1.82) is 0 Å². The van der Waals surface area contributed by atoms with Crippen molar-refractivity contribution in [2.45, 2.75) is 38.8 Å². The van der Waals surface area contributed by atoms with Crippen molar-refractivity contribution in [2.75, 3.05) is 0 Å². The monoisotopic (exact) mass is 244 g/mol. The van der Waals surface area contributed by atoms with E-state index in [1.165, 1.54) is 0 Å². The molecule has 0 aromatic rings. The molecule has 7 nitrogen and oxygen atoms in total. The quantitative estimate of drug-likeness (QED) is 0.543. The maximum absolute atomic E-state index is 11.4. The van der Waals surface area contributed by atoms with E-state index in [-0.39, 0.29) is 11.5 Å². The summed E-state index contributed by atoms with van der Waals surface area (Å²) in [7, 11) is 0. The maximum atomic E-state index is 11.4. The summed E-state index contributed by atoms with van der Waals surface area (Å²) < 4.78 is 0. The zero-order valence-electron chi connectivity index (χ0n) is 9.69. The van der Waals surface area contributed by atoms with Crippen LogP contribution in [-0.2, 0) is 9.59 Å². The Morgan fingerprint density at radius 1 is 1.35 bits per heavy atom. The second-order valence-electron chi connectivity index (χ2n) is 4.85. The third-order valence-corrected chi connectivity index (χ3v) is 2.80. The minimum atomic E-state index is -1.41. The Morgan fingerprint density at radius 2 is 1.88 bits per heavy atom. The number of nitrogens with one attached hydrogen (secondary N) is 2. The van der Waals surface area contributed by atoms with E-state index in [2.05, 4.69) is 10.6 Å². The average Bonchev–Trinajstić information content (AvgIpc) is 2.71. The summed E-state index contributed by atoms with van der Waals surface area (Å²) in [5.41, 5.74) is 0.0306. The molecule has 1 saturated carbocycles. The van der Waals surface area contributed by atoms with Crippen LogP contribution in [0.1, 0.15) is 26.7 Å². The Labute approximate surface area is 98.2 Å². The molecule has 2 unspecified atom stereocenters. The molecule has 0 spiro atoms. The number of carbonyl (C=O) groups excluding carboxylic acids is 1. The van der Waals surface area contributed by atoms with E-state index in [0.29, 0.717) is 0 Å². The molecular formula is C10H16N2O5. The minimum Gasteiger partial charge on any atom is -0.481 e. The van der Waals surface area contributed by atoms with Gasteiger partial charge < -0.3 is 20.8 Å². The van der Waals surface area contributed by atoms with Gasteiger partial charge in [-0.1, -0.05) is 13.8 Å². The summed E-state index contributed by atoms with van der Waals surface area (Å²) in [5, 5.41) is 21.9. The summed E-state index contributed by atoms with van der Waals surface area (Å²) in [4.78, 5) is 32.5. The fraction of sp³-hybridized carbons (Fsp3) is 0.700. The minimum absolute atomic E-state index is 0.0155. The number of hydrogen-bond acceptors (Lipinski definition) is 3. The molecule has 0 aromatic heterocycles. The van der Waals surface area contributed by atoms with Gasteiger partial charge in [0.05, 0.1) is 6.42 Å². The summed E-state index contributed by atoms with van der Waals surface area (Å²) in [5.74, 6) is -2.64. The van der Waals surface area contributed by atoms with Gasteiger partial charge in [0.25, 0.3) is 0 Å². The predicted octanol–water partition coefficient (Wildman–Crippen LogP) is 0.0120. The van der Waals surface area contributed by atoms with Crippen LogP contribution in [-0.4, -0.2) is 40.3 Å². The van der Waals surface area contributed by atoms with E-state index in [4.69, 9.17) is 10.2 Å². The van der Waals surface area contributed by atoms with Gasteiger partial charge in [-0.25, -0.2) is 9.59 Å². The Bertz CT molecular complexity index is 353. The van der Waals surface area contributed by atoms with Crippen LogP contribution in [0.3, 0.4) is 0 Å². The molecule has 0 heterocycles. The number of amides is 2. The molecule has 1 aliphatic carbocycles. The molecular weight excluding hydrogens is 228 g/mol. The second kappa shape index (κ2) is 4.60. The fourth-order valence-corrected chi connectivity index (χ4v) is 1.45. The van der Waals surface area contributed by atoms with Crippen molar-refractivity contribution in [2.24, 2.45) is 5.41 Å². The van der Waals surface area contributed by atoms with Crippen molar-refractivity contribution >= 4 is 18.0 Å². The van der Waals surface area contributed by atoms with Crippen LogP contribution < -0.4 is 10.6 Å². The van der Waals surface area contributed by atoms with Gasteiger partial charge in [-0.05, 0) is 11.8 Å². The highest BCUT2D eigenvalue weighted by molar-refractivity contribution is 5.86. The van der Waals surface area contributed by atoms with Gasteiger partial charge in [-0.15, -0.1) is 0 Å². The molecule has 0 saturated heterocycles. The first-order valence-corrected chi connectivity index (χ1v) is 5.24. The second-order valence-corrected chi connectivity index (χ2v) is 4.85. The van der Waals surface area contributed by atoms with Crippen molar-refractivity contribution in [3.8, 4) is 0 Å². The molecule has 1 fully saturated rings. The van der Waals surface area contributed by atoms with Crippen LogP contribution in [0.4, 0.5) is 4.79 Å². The van der Waals surface area contributed by atoms with Gasteiger partial charge >= 0.3 is 18.0 Å². The van der Waals surface area contributed by atoms with E-state index in [1.54, 1.807) is 0 Å². The molecule has 7 heteroatoms. The lowest BCUT2D eigenvalue weighted by Gasteiger charge is -2.13. The first-order valence-electron chi connectivity index (χ1n) is 5.24. The van der Waals surface area contributed by atoms with E-state index in [1.807, 2.05) is 13.8 Å². The molecule has 4 N–H and O–H groups in total. The van der Waals surface area contributed by atoms with Crippen molar-refractivity contribution in [3.63, 3.8) is 0 Å². The Balaban J connectivity index is 2.42. The van der Waals surface area contributed by atoms with E-state index >= 15 is 0 Å². The van der Waals surface area contributed by atoms with E-state index < -0.39 is 30.4 Å². The SMILES string of the molecule is CC1(C)CC1NC(=O)NC(CC(=O)O)C(=O)O. The largest absolute Gasteiger partial charge is 0.481 e. The third-order valence-electron chi connectivity index (χ3n) is 2.80. The number of hydrogen-bond donors (Lipinski definition) is 4. The molecule has 0 aliphatic heterocycles. The van der Waals surface area contributed by atoms with Crippen LogP contribution in [0.5, 0.6) is 0 Å². The van der Waals surface area contributed by atoms with Gasteiger partial charge in [-0.3, -0.25) is 4.79 Å². The number of urea groups is 1. The lowest BCUT2D eigenvalue weighted by molar-refractivity contribution is -0.145. The molecule has 2 amide bonds. The topological polar surface area (TPSA) is 116 Å². The normalized spacial score (nSPS) is 22.4. The van der Waals surface area contributed by atoms with Gasteiger partial charge in [0.1, 0.15) is 6.04 Å². The summed E-state index contributed by atoms with van der Waals surface area (Å²) >= 11 is 0. The molecule has 1 rings (SSSR count). The van der Waals surface area contributed by atoms with Crippen LogP contribution in [0.2, 0.25) is 0 Å². The number of rotatable bonds is 5. The molecule has 2 atom stereocenters. The van der Waals surface area contributed by atoms with Crippen LogP contribution in [0, 0.1) is 5.41 Å². The molecule has 0 radical (unpaired) electrons. The first-order chi connectivity index (χ1) is 7.72. The molecule has 0 aromatic carbocycles. The summed E-state index contributed by atoms with van der Waals surface area (Å²) in [6.45, 7) is 3.95. The van der Waals surface area contributed by atoms with Crippen molar-refractivity contribution in [1.82, 2.24) is 10.6 Å². The van der Waals surface area contributed by atoms with E-state index in [9.17, 15) is 14.4 Å². The summed E-state index contributed by atoms with van der Waals surface area (Å²) in [6, 6.07) is -2.04. The summed E-state index contributed by atoms with van der Waals surface area (Å²) in [6.07, 6.45) is 0.188. The van der Waals surface area contributed by atoms with Gasteiger partial charge in [0.2, 0.25) is 0 Å². The fourth-order valence-electron chi connectivity index (χ4n) is 1.45. The van der Waals surface area contributed by atoms with Gasteiger partial charge in [-0.2, -0.15) is 0 Å². The third kappa shape index (κ3) is 3.93. The number of carboxylic acids is 2. The smallest absolute Gasteiger partial charge is 0.326 e. The molecule has 17 heavy (non-hydrogen) atoms. The zero-order chi connectivity index (χ0) is 13.2. The van der Waals surface area contributed by atoms with Crippen LogP contribution >= 0.6 is 0 Å². The lowest BCUT2D eigenvalue weighted by atomic mass is 10.2. The number of carboxylic acid groups (broad SMARTS) is 2. The number of carbonyl (C=O) groups is 3. The highest BCUT2D eigenvalue weighted by atomic mass is 16.4. The maximum Gasteiger partial charge on any atom is 0.326 e. The highest BCUT2D eigenvalue weighted by Gasteiger charge is 2.46.